The highest BCUT2D eigenvalue weighted by molar-refractivity contribution is 7.17. The van der Waals surface area contributed by atoms with Gasteiger partial charge in [0.1, 0.15) is 0 Å². The topological polar surface area (TPSA) is 33.2 Å². The van der Waals surface area contributed by atoms with Crippen LogP contribution in [0.5, 0.6) is 0 Å². The van der Waals surface area contributed by atoms with Crippen LogP contribution in [0.15, 0.2) is 17.5 Å². The maximum Gasteiger partial charge on any atom is 0.185 e. The van der Waals surface area contributed by atoms with Crippen LogP contribution in [0, 0.1) is 0 Å². The highest BCUT2D eigenvalue weighted by atomic mass is 32.1. The van der Waals surface area contributed by atoms with Gasteiger partial charge in [0.15, 0.2) is 11.4 Å². The van der Waals surface area contributed by atoms with Crippen LogP contribution in [0.2, 0.25) is 0 Å². The van der Waals surface area contributed by atoms with Crippen molar-refractivity contribution in [2.75, 3.05) is 18.5 Å². The van der Waals surface area contributed by atoms with Gasteiger partial charge in [0.2, 0.25) is 0 Å². The molecular formula is C15H20N2OS2. The molecule has 108 valence electrons. The van der Waals surface area contributed by atoms with E-state index in [9.17, 15) is 4.79 Å². The highest BCUT2D eigenvalue weighted by Gasteiger charge is 2.24. The molecule has 0 N–H and O–H groups in total. The molecule has 3 nitrogen and oxygen atoms in total. The average molecular weight is 308 g/mol. The molecule has 0 aromatic carbocycles. The van der Waals surface area contributed by atoms with Crippen LogP contribution in [-0.2, 0) is 11.8 Å². The SMILES string of the molecule is CN(CCc1cccs1)c1nc(C(C)(C)C)c(C=O)s1. The smallest absolute Gasteiger partial charge is 0.185 e. The van der Waals surface area contributed by atoms with Crippen molar-refractivity contribution in [3.63, 3.8) is 0 Å². The van der Waals surface area contributed by atoms with Gasteiger partial charge in [-0.25, -0.2) is 4.98 Å². The molecule has 5 heteroatoms. The summed E-state index contributed by atoms with van der Waals surface area (Å²) in [5.74, 6) is 0. The predicted molar refractivity (Wildman–Crippen MR) is 87.5 cm³/mol. The lowest BCUT2D eigenvalue weighted by atomic mass is 9.91. The van der Waals surface area contributed by atoms with Gasteiger partial charge < -0.3 is 4.90 Å². The Labute approximate surface area is 128 Å². The van der Waals surface area contributed by atoms with Crippen LogP contribution in [0.1, 0.15) is 41.0 Å². The molecule has 0 aliphatic carbocycles. The predicted octanol–water partition coefficient (Wildman–Crippen LogP) is 3.99. The van der Waals surface area contributed by atoms with E-state index in [1.165, 1.54) is 16.2 Å². The largest absolute Gasteiger partial charge is 0.351 e. The number of nitrogens with zero attached hydrogens (tertiary/aromatic N) is 2. The molecule has 2 aromatic rings. The molecule has 0 saturated carbocycles. The third-order valence-corrected chi connectivity index (χ3v) is 5.09. The fourth-order valence-corrected chi connectivity index (χ4v) is 3.70. The summed E-state index contributed by atoms with van der Waals surface area (Å²) in [7, 11) is 2.04. The molecule has 0 atom stereocenters. The quantitative estimate of drug-likeness (QED) is 0.783. The monoisotopic (exact) mass is 308 g/mol. The van der Waals surface area contributed by atoms with Crippen LogP contribution in [0.3, 0.4) is 0 Å². The van der Waals surface area contributed by atoms with E-state index in [2.05, 4.69) is 48.2 Å². The number of aldehydes is 1. The standard InChI is InChI=1S/C15H20N2OS2/c1-15(2,3)13-12(10-18)20-14(16-13)17(4)8-7-11-6-5-9-19-11/h5-6,9-10H,7-8H2,1-4H3. The first-order valence-corrected chi connectivity index (χ1v) is 8.31. The molecule has 0 aliphatic rings. The van der Waals surface area contributed by atoms with Crippen molar-refractivity contribution in [1.29, 1.82) is 0 Å². The van der Waals surface area contributed by atoms with E-state index in [0.717, 1.165) is 35.0 Å². The van der Waals surface area contributed by atoms with Crippen molar-refractivity contribution in [3.8, 4) is 0 Å². The summed E-state index contributed by atoms with van der Waals surface area (Å²) in [6.45, 7) is 7.18. The molecule has 0 bridgehead atoms. The van der Waals surface area contributed by atoms with Crippen molar-refractivity contribution < 1.29 is 4.79 Å². The maximum absolute atomic E-state index is 11.2. The first-order valence-electron chi connectivity index (χ1n) is 6.62. The van der Waals surface area contributed by atoms with E-state index < -0.39 is 0 Å². The number of hydrogen-bond acceptors (Lipinski definition) is 5. The normalized spacial score (nSPS) is 11.6. The Balaban J connectivity index is 2.12. The Morgan fingerprint density at radius 2 is 2.15 bits per heavy atom. The van der Waals surface area contributed by atoms with Gasteiger partial charge >= 0.3 is 0 Å². The molecule has 2 rings (SSSR count). The van der Waals surface area contributed by atoms with Gasteiger partial charge in [-0.15, -0.1) is 11.3 Å². The summed E-state index contributed by atoms with van der Waals surface area (Å²) in [6.07, 6.45) is 1.93. The maximum atomic E-state index is 11.2. The minimum atomic E-state index is -0.0976. The van der Waals surface area contributed by atoms with Crippen LogP contribution in [-0.4, -0.2) is 24.9 Å². The number of carbonyl (C=O) groups is 1. The first-order chi connectivity index (χ1) is 9.41. The van der Waals surface area contributed by atoms with Crippen molar-refractivity contribution in [2.24, 2.45) is 0 Å². The lowest BCUT2D eigenvalue weighted by Gasteiger charge is -2.17. The summed E-state index contributed by atoms with van der Waals surface area (Å²) >= 11 is 3.26. The number of rotatable bonds is 5. The Hall–Kier alpha value is -1.20. The minimum Gasteiger partial charge on any atom is -0.351 e. The third kappa shape index (κ3) is 3.46. The zero-order valence-corrected chi connectivity index (χ0v) is 14.0. The average Bonchev–Trinajstić information content (AvgIpc) is 3.03. The number of aromatic nitrogens is 1. The Bertz CT molecular complexity index is 567. The summed E-state index contributed by atoms with van der Waals surface area (Å²) < 4.78 is 0. The molecule has 0 aliphatic heterocycles. The molecule has 0 unspecified atom stereocenters. The third-order valence-electron chi connectivity index (χ3n) is 3.06. The lowest BCUT2D eigenvalue weighted by Crippen LogP contribution is -2.20. The zero-order valence-electron chi connectivity index (χ0n) is 12.3. The first kappa shape index (κ1) is 15.2. The summed E-state index contributed by atoms with van der Waals surface area (Å²) in [4.78, 5) is 20.1. The lowest BCUT2D eigenvalue weighted by molar-refractivity contribution is 0.112. The minimum absolute atomic E-state index is 0.0976. The Kier molecular flexibility index (Phi) is 4.60. The van der Waals surface area contributed by atoms with Crippen LogP contribution in [0.4, 0.5) is 5.13 Å². The summed E-state index contributed by atoms with van der Waals surface area (Å²) in [5.41, 5.74) is 0.801. The van der Waals surface area contributed by atoms with E-state index in [1.54, 1.807) is 11.3 Å². The number of anilines is 1. The number of thiazole rings is 1. The van der Waals surface area contributed by atoms with Gasteiger partial charge in [-0.2, -0.15) is 0 Å². The summed E-state index contributed by atoms with van der Waals surface area (Å²) in [5, 5.41) is 3.02. The van der Waals surface area contributed by atoms with E-state index >= 15 is 0 Å². The molecular weight excluding hydrogens is 288 g/mol. The Morgan fingerprint density at radius 1 is 1.40 bits per heavy atom. The van der Waals surface area contributed by atoms with Gasteiger partial charge in [0.25, 0.3) is 0 Å². The number of thiophene rings is 1. The van der Waals surface area contributed by atoms with Crippen molar-refractivity contribution in [2.45, 2.75) is 32.6 Å². The van der Waals surface area contributed by atoms with Gasteiger partial charge in [0, 0.05) is 23.9 Å². The number of hydrogen-bond donors (Lipinski definition) is 0. The van der Waals surface area contributed by atoms with E-state index in [1.807, 2.05) is 7.05 Å². The van der Waals surface area contributed by atoms with Crippen LogP contribution >= 0.6 is 22.7 Å². The second kappa shape index (κ2) is 6.06. The molecule has 0 spiro atoms. The number of likely N-dealkylation sites (N-methyl/N-ethyl adjacent to an activating group) is 1. The zero-order chi connectivity index (χ0) is 14.8. The molecule has 20 heavy (non-hydrogen) atoms. The fourth-order valence-electron chi connectivity index (χ4n) is 1.93. The van der Waals surface area contributed by atoms with Crippen molar-refractivity contribution >= 4 is 34.1 Å². The second-order valence-electron chi connectivity index (χ2n) is 5.83. The van der Waals surface area contributed by atoms with Gasteiger partial charge in [-0.05, 0) is 17.9 Å². The Morgan fingerprint density at radius 3 is 2.65 bits per heavy atom. The molecule has 0 saturated heterocycles. The molecule has 0 amide bonds. The molecule has 0 fully saturated rings. The summed E-state index contributed by atoms with van der Waals surface area (Å²) in [6, 6.07) is 4.23. The van der Waals surface area contributed by atoms with Crippen LogP contribution < -0.4 is 4.90 Å². The molecule has 0 radical (unpaired) electrons. The van der Waals surface area contributed by atoms with Crippen molar-refractivity contribution in [1.82, 2.24) is 4.98 Å². The van der Waals surface area contributed by atoms with Gasteiger partial charge in [-0.1, -0.05) is 38.2 Å². The molecule has 2 aromatic heterocycles. The van der Waals surface area contributed by atoms with Gasteiger partial charge in [-0.3, -0.25) is 4.79 Å². The van der Waals surface area contributed by atoms with Crippen molar-refractivity contribution in [3.05, 3.63) is 33.0 Å². The molecule has 2 heterocycles. The van der Waals surface area contributed by atoms with E-state index in [4.69, 9.17) is 0 Å². The number of carbonyl (C=O) groups excluding carboxylic acids is 1. The van der Waals surface area contributed by atoms with E-state index in [0.29, 0.717) is 0 Å². The fraction of sp³-hybridized carbons (Fsp3) is 0.467. The van der Waals surface area contributed by atoms with Gasteiger partial charge in [0.05, 0.1) is 10.6 Å². The van der Waals surface area contributed by atoms with Crippen LogP contribution in [0.25, 0.3) is 0 Å². The second-order valence-corrected chi connectivity index (χ2v) is 7.87. The highest BCUT2D eigenvalue weighted by Crippen LogP contribution is 2.32. The van der Waals surface area contributed by atoms with E-state index in [-0.39, 0.29) is 5.41 Å².